The Morgan fingerprint density at radius 3 is 2.60 bits per heavy atom. The Bertz CT molecular complexity index is 1270. The first-order valence-corrected chi connectivity index (χ1v) is 11.1. The molecule has 0 atom stereocenters. The maximum Gasteiger partial charge on any atom is 0.266 e. The fourth-order valence-corrected chi connectivity index (χ4v) is 4.69. The largest absolute Gasteiger partial charge is 0.492 e. The number of benzene rings is 3. The van der Waals surface area contributed by atoms with Crippen molar-refractivity contribution in [2.24, 2.45) is 0 Å². The fraction of sp³-hybridized carbons (Fsp3) is 0.130. The zero-order valence-electron chi connectivity index (χ0n) is 16.1. The van der Waals surface area contributed by atoms with Crippen molar-refractivity contribution >= 4 is 45.9 Å². The summed E-state index contributed by atoms with van der Waals surface area (Å²) in [6.45, 7) is 2.41. The first-order valence-electron chi connectivity index (χ1n) is 9.39. The average molecular weight is 457 g/mol. The Morgan fingerprint density at radius 1 is 1.03 bits per heavy atom. The minimum Gasteiger partial charge on any atom is -0.492 e. The second-order valence-corrected chi connectivity index (χ2v) is 8.26. The van der Waals surface area contributed by atoms with Crippen LogP contribution in [0.25, 0.3) is 16.6 Å². The normalized spacial score (nSPS) is 11.0. The zero-order chi connectivity index (χ0) is 21.1. The summed E-state index contributed by atoms with van der Waals surface area (Å²) in [4.78, 5) is 18.2. The van der Waals surface area contributed by atoms with E-state index in [1.807, 2.05) is 55.5 Å². The van der Waals surface area contributed by atoms with Crippen molar-refractivity contribution in [2.75, 3.05) is 6.61 Å². The monoisotopic (exact) mass is 456 g/mol. The van der Waals surface area contributed by atoms with Gasteiger partial charge in [0.25, 0.3) is 5.56 Å². The molecule has 0 amide bonds. The van der Waals surface area contributed by atoms with Crippen LogP contribution in [0.2, 0.25) is 10.0 Å². The Morgan fingerprint density at radius 2 is 1.80 bits per heavy atom. The second-order valence-electron chi connectivity index (χ2n) is 6.48. The Labute approximate surface area is 188 Å². The number of hydrogen-bond acceptors (Lipinski definition) is 4. The van der Waals surface area contributed by atoms with Crippen LogP contribution in [0.5, 0.6) is 5.75 Å². The van der Waals surface area contributed by atoms with E-state index in [0.29, 0.717) is 49.9 Å². The summed E-state index contributed by atoms with van der Waals surface area (Å²) >= 11 is 13.8. The van der Waals surface area contributed by atoms with E-state index in [1.54, 1.807) is 22.8 Å². The standard InChI is InChI=1S/C23H18Cl2N2O2S/c1-2-29-21-10-6-5-9-20(21)27-22(28)17-7-3-4-8-19(17)26-23(27)30-14-15-11-12-16(24)13-18(15)25/h3-13H,2,14H2,1H3. The van der Waals surface area contributed by atoms with Gasteiger partial charge in [0.05, 0.1) is 23.2 Å². The van der Waals surface area contributed by atoms with Crippen molar-refractivity contribution in [1.82, 2.24) is 9.55 Å². The summed E-state index contributed by atoms with van der Waals surface area (Å²) in [5.41, 5.74) is 2.08. The lowest BCUT2D eigenvalue weighted by molar-refractivity contribution is 0.338. The van der Waals surface area contributed by atoms with E-state index < -0.39 is 0 Å². The van der Waals surface area contributed by atoms with Gasteiger partial charge in [0.2, 0.25) is 0 Å². The maximum absolute atomic E-state index is 13.4. The zero-order valence-corrected chi connectivity index (χ0v) is 18.5. The lowest BCUT2D eigenvalue weighted by atomic mass is 10.2. The van der Waals surface area contributed by atoms with Gasteiger partial charge in [-0.1, -0.05) is 65.3 Å². The van der Waals surface area contributed by atoms with Gasteiger partial charge in [0.1, 0.15) is 5.75 Å². The van der Waals surface area contributed by atoms with Crippen LogP contribution in [0.15, 0.2) is 76.7 Å². The number of para-hydroxylation sites is 3. The molecule has 4 aromatic rings. The topological polar surface area (TPSA) is 44.1 Å². The van der Waals surface area contributed by atoms with Crippen LogP contribution in [0.3, 0.4) is 0 Å². The van der Waals surface area contributed by atoms with Crippen LogP contribution in [0.1, 0.15) is 12.5 Å². The predicted octanol–water partition coefficient (Wildman–Crippen LogP) is 6.38. The van der Waals surface area contributed by atoms with E-state index in [9.17, 15) is 4.79 Å². The van der Waals surface area contributed by atoms with Gasteiger partial charge < -0.3 is 4.74 Å². The summed E-state index contributed by atoms with van der Waals surface area (Å²) in [5.74, 6) is 1.17. The lowest BCUT2D eigenvalue weighted by Crippen LogP contribution is -2.22. The van der Waals surface area contributed by atoms with Crippen LogP contribution in [-0.4, -0.2) is 16.2 Å². The van der Waals surface area contributed by atoms with Crippen molar-refractivity contribution in [3.8, 4) is 11.4 Å². The third kappa shape index (κ3) is 4.19. The molecule has 0 aliphatic rings. The summed E-state index contributed by atoms with van der Waals surface area (Å²) in [5, 5.41) is 2.29. The van der Waals surface area contributed by atoms with E-state index >= 15 is 0 Å². The highest BCUT2D eigenvalue weighted by molar-refractivity contribution is 7.98. The fourth-order valence-electron chi connectivity index (χ4n) is 3.12. The molecule has 30 heavy (non-hydrogen) atoms. The SMILES string of the molecule is CCOc1ccccc1-n1c(SCc2ccc(Cl)cc2Cl)nc2ccccc2c1=O. The van der Waals surface area contributed by atoms with E-state index in [1.165, 1.54) is 11.8 Å². The number of rotatable bonds is 6. The Balaban J connectivity index is 1.86. The molecule has 152 valence electrons. The van der Waals surface area contributed by atoms with Crippen molar-refractivity contribution in [3.63, 3.8) is 0 Å². The van der Waals surface area contributed by atoms with Crippen LogP contribution in [-0.2, 0) is 5.75 Å². The summed E-state index contributed by atoms with van der Waals surface area (Å²) in [7, 11) is 0. The molecular weight excluding hydrogens is 439 g/mol. The third-order valence-electron chi connectivity index (χ3n) is 4.52. The van der Waals surface area contributed by atoms with Gasteiger partial charge in [-0.25, -0.2) is 4.98 Å². The Hall–Kier alpha value is -2.47. The molecule has 0 saturated heterocycles. The first kappa shape index (κ1) is 20.8. The van der Waals surface area contributed by atoms with Gasteiger partial charge in [-0.2, -0.15) is 0 Å². The number of aromatic nitrogens is 2. The molecule has 4 nitrogen and oxygen atoms in total. The van der Waals surface area contributed by atoms with E-state index in [2.05, 4.69) is 0 Å². The molecule has 0 N–H and O–H groups in total. The quantitative estimate of drug-likeness (QED) is 0.249. The molecule has 0 radical (unpaired) electrons. The van der Waals surface area contributed by atoms with Gasteiger partial charge in [-0.05, 0) is 48.9 Å². The van der Waals surface area contributed by atoms with Crippen LogP contribution < -0.4 is 10.3 Å². The molecule has 0 fully saturated rings. The first-order chi connectivity index (χ1) is 14.6. The summed E-state index contributed by atoms with van der Waals surface area (Å²) in [6.07, 6.45) is 0. The maximum atomic E-state index is 13.4. The molecule has 0 unspecified atom stereocenters. The summed E-state index contributed by atoms with van der Waals surface area (Å²) < 4.78 is 7.39. The number of hydrogen-bond donors (Lipinski definition) is 0. The highest BCUT2D eigenvalue weighted by atomic mass is 35.5. The van der Waals surface area contributed by atoms with E-state index in [-0.39, 0.29) is 5.56 Å². The molecule has 7 heteroatoms. The highest BCUT2D eigenvalue weighted by Crippen LogP contribution is 2.31. The second kappa shape index (κ2) is 9.13. The minimum absolute atomic E-state index is 0.141. The molecule has 0 aliphatic carbocycles. The van der Waals surface area contributed by atoms with Crippen molar-refractivity contribution in [1.29, 1.82) is 0 Å². The molecule has 0 aliphatic heterocycles. The van der Waals surface area contributed by atoms with Crippen LogP contribution in [0, 0.1) is 0 Å². The molecular formula is C23H18Cl2N2O2S. The van der Waals surface area contributed by atoms with Gasteiger partial charge in [0.15, 0.2) is 5.16 Å². The molecule has 1 aromatic heterocycles. The number of nitrogens with zero attached hydrogens (tertiary/aromatic N) is 2. The number of thioether (sulfide) groups is 1. The Kier molecular flexibility index (Phi) is 6.32. The third-order valence-corrected chi connectivity index (χ3v) is 6.10. The van der Waals surface area contributed by atoms with Crippen molar-refractivity contribution in [3.05, 3.63) is 92.7 Å². The molecule has 3 aromatic carbocycles. The average Bonchev–Trinajstić information content (AvgIpc) is 2.74. The summed E-state index contributed by atoms with van der Waals surface area (Å²) in [6, 6.07) is 20.2. The van der Waals surface area contributed by atoms with Gasteiger partial charge >= 0.3 is 0 Å². The van der Waals surface area contributed by atoms with Gasteiger partial charge in [-0.15, -0.1) is 0 Å². The van der Waals surface area contributed by atoms with Crippen molar-refractivity contribution < 1.29 is 4.74 Å². The van der Waals surface area contributed by atoms with Gasteiger partial charge in [-0.3, -0.25) is 9.36 Å². The smallest absolute Gasteiger partial charge is 0.266 e. The van der Waals surface area contributed by atoms with Crippen LogP contribution in [0.4, 0.5) is 0 Å². The predicted molar refractivity (Wildman–Crippen MR) is 125 cm³/mol. The van der Waals surface area contributed by atoms with E-state index in [4.69, 9.17) is 32.9 Å². The van der Waals surface area contributed by atoms with E-state index in [0.717, 1.165) is 5.56 Å². The highest BCUT2D eigenvalue weighted by Gasteiger charge is 2.17. The minimum atomic E-state index is -0.141. The molecule has 0 bridgehead atoms. The lowest BCUT2D eigenvalue weighted by Gasteiger charge is -2.16. The number of ether oxygens (including phenoxy) is 1. The van der Waals surface area contributed by atoms with Gasteiger partial charge in [0, 0.05) is 15.8 Å². The molecule has 1 heterocycles. The van der Waals surface area contributed by atoms with Crippen molar-refractivity contribution in [2.45, 2.75) is 17.8 Å². The number of fused-ring (bicyclic) bond motifs is 1. The molecule has 4 rings (SSSR count). The van der Waals surface area contributed by atoms with Crippen LogP contribution >= 0.6 is 35.0 Å². The number of halogens is 2. The molecule has 0 spiro atoms. The molecule has 0 saturated carbocycles.